The van der Waals surface area contributed by atoms with Gasteiger partial charge in [-0.3, -0.25) is 9.59 Å². The molecule has 3 rings (SSSR count). The third-order valence-corrected chi connectivity index (χ3v) is 5.35. The van der Waals surface area contributed by atoms with E-state index in [9.17, 15) is 9.59 Å². The van der Waals surface area contributed by atoms with Crippen LogP contribution in [0, 0.1) is 5.92 Å². The Morgan fingerprint density at radius 3 is 2.29 bits per heavy atom. The predicted molar refractivity (Wildman–Crippen MR) is 114 cm³/mol. The summed E-state index contributed by atoms with van der Waals surface area (Å²) in [4.78, 5) is 28.4. The molecule has 1 aliphatic heterocycles. The minimum atomic E-state index is -0.126. The van der Waals surface area contributed by atoms with Gasteiger partial charge >= 0.3 is 0 Å². The third kappa shape index (κ3) is 5.12. The average Bonchev–Trinajstić information content (AvgIpc) is 2.72. The topological polar surface area (TPSA) is 52.7 Å². The molecule has 0 radical (unpaired) electrons. The molecule has 1 fully saturated rings. The van der Waals surface area contributed by atoms with Crippen molar-refractivity contribution in [1.82, 2.24) is 5.32 Å². The third-order valence-electron chi connectivity index (χ3n) is 5.35. The maximum Gasteiger partial charge on any atom is 0.251 e. The number of nitrogens with zero attached hydrogens (tertiary/aromatic N) is 2. The van der Waals surface area contributed by atoms with Gasteiger partial charge in [0.05, 0.1) is 0 Å². The highest BCUT2D eigenvalue weighted by Crippen LogP contribution is 2.25. The minimum Gasteiger partial charge on any atom is -0.372 e. The number of carbonyl (C=O) groups excluding carboxylic acids is 2. The first-order chi connectivity index (χ1) is 13.5. The zero-order valence-corrected chi connectivity index (χ0v) is 16.7. The number of anilines is 2. The second-order valence-corrected chi connectivity index (χ2v) is 7.48. The summed E-state index contributed by atoms with van der Waals surface area (Å²) in [5.41, 5.74) is 2.68. The molecule has 0 saturated carbocycles. The summed E-state index contributed by atoms with van der Waals surface area (Å²) in [5.74, 6) is 0.641. The van der Waals surface area contributed by atoms with Crippen LogP contribution in [0.5, 0.6) is 0 Å². The van der Waals surface area contributed by atoms with Crippen molar-refractivity contribution in [2.75, 3.05) is 36.0 Å². The molecule has 1 saturated heterocycles. The lowest BCUT2D eigenvalue weighted by Crippen LogP contribution is -2.37. The molecule has 2 aromatic carbocycles. The summed E-state index contributed by atoms with van der Waals surface area (Å²) in [5, 5.41) is 2.88. The Morgan fingerprint density at radius 2 is 1.68 bits per heavy atom. The van der Waals surface area contributed by atoms with E-state index in [-0.39, 0.29) is 11.8 Å². The Hall–Kier alpha value is -2.82. The summed E-state index contributed by atoms with van der Waals surface area (Å²) in [6.45, 7) is 6.87. The Kier molecular flexibility index (Phi) is 6.69. The summed E-state index contributed by atoms with van der Waals surface area (Å²) < 4.78 is 0. The van der Waals surface area contributed by atoms with Crippen molar-refractivity contribution < 1.29 is 9.59 Å². The Morgan fingerprint density at radius 1 is 1.04 bits per heavy atom. The van der Waals surface area contributed by atoms with Gasteiger partial charge in [-0.2, -0.15) is 0 Å². The first-order valence-corrected chi connectivity index (χ1v) is 10.0. The van der Waals surface area contributed by atoms with Crippen LogP contribution >= 0.6 is 0 Å². The van der Waals surface area contributed by atoms with Crippen LogP contribution in [0.25, 0.3) is 0 Å². The van der Waals surface area contributed by atoms with Crippen LogP contribution in [0.1, 0.15) is 37.0 Å². The Bertz CT molecular complexity index is 781. The van der Waals surface area contributed by atoms with Gasteiger partial charge in [-0.25, -0.2) is 0 Å². The van der Waals surface area contributed by atoms with Crippen molar-refractivity contribution in [3.05, 3.63) is 60.2 Å². The summed E-state index contributed by atoms with van der Waals surface area (Å²) in [7, 11) is 0. The van der Waals surface area contributed by atoms with Crippen molar-refractivity contribution >= 4 is 23.2 Å². The lowest BCUT2D eigenvalue weighted by Gasteiger charge is -2.32. The van der Waals surface area contributed by atoms with Gasteiger partial charge in [0.15, 0.2) is 0 Å². The molecule has 2 aromatic rings. The maximum absolute atomic E-state index is 12.2. The van der Waals surface area contributed by atoms with Crippen LogP contribution in [0.3, 0.4) is 0 Å². The van der Waals surface area contributed by atoms with Crippen molar-refractivity contribution in [1.29, 1.82) is 0 Å². The number of rotatable bonds is 6. The van der Waals surface area contributed by atoms with Crippen molar-refractivity contribution in [3.8, 4) is 0 Å². The van der Waals surface area contributed by atoms with E-state index in [4.69, 9.17) is 0 Å². The van der Waals surface area contributed by atoms with E-state index in [1.165, 1.54) is 18.5 Å². The number of hydrogen-bond donors (Lipinski definition) is 1. The molecule has 28 heavy (non-hydrogen) atoms. The van der Waals surface area contributed by atoms with Crippen LogP contribution in [0.15, 0.2) is 54.6 Å². The molecule has 0 bridgehead atoms. The number of hydrogen-bond acceptors (Lipinski definition) is 3. The zero-order chi connectivity index (χ0) is 19.9. The van der Waals surface area contributed by atoms with Gasteiger partial charge in [0.25, 0.3) is 5.91 Å². The SMILES string of the molecule is CC(=O)N(CCNC(=O)c1ccccc1)c1ccc(N2CCC(C)CC2)cc1. The second kappa shape index (κ2) is 9.40. The monoisotopic (exact) mass is 379 g/mol. The molecule has 0 unspecified atom stereocenters. The molecule has 0 spiro atoms. The lowest BCUT2D eigenvalue weighted by atomic mass is 9.99. The Labute approximate surface area is 167 Å². The molecule has 2 amide bonds. The molecule has 1 N–H and O–H groups in total. The highest BCUT2D eigenvalue weighted by atomic mass is 16.2. The first-order valence-electron chi connectivity index (χ1n) is 10.0. The van der Waals surface area contributed by atoms with E-state index in [2.05, 4.69) is 29.3 Å². The number of piperidine rings is 1. The van der Waals surface area contributed by atoms with E-state index in [0.29, 0.717) is 18.7 Å². The number of carbonyl (C=O) groups is 2. The fourth-order valence-electron chi connectivity index (χ4n) is 3.55. The fourth-order valence-corrected chi connectivity index (χ4v) is 3.55. The van der Waals surface area contributed by atoms with Crippen molar-refractivity contribution in [3.63, 3.8) is 0 Å². The van der Waals surface area contributed by atoms with E-state index in [0.717, 1.165) is 24.7 Å². The van der Waals surface area contributed by atoms with Gasteiger partial charge in [0, 0.05) is 50.0 Å². The zero-order valence-electron chi connectivity index (χ0n) is 16.7. The van der Waals surface area contributed by atoms with E-state index >= 15 is 0 Å². The largest absolute Gasteiger partial charge is 0.372 e. The van der Waals surface area contributed by atoms with Crippen LogP contribution in [0.4, 0.5) is 11.4 Å². The maximum atomic E-state index is 12.2. The van der Waals surface area contributed by atoms with Gasteiger partial charge in [0.1, 0.15) is 0 Å². The quantitative estimate of drug-likeness (QED) is 0.833. The standard InChI is InChI=1S/C23H29N3O2/c1-18-12-15-25(16-13-18)21-8-10-22(11-9-21)26(19(2)27)17-14-24-23(28)20-6-4-3-5-7-20/h3-11,18H,12-17H2,1-2H3,(H,24,28). The van der Waals surface area contributed by atoms with Gasteiger partial charge < -0.3 is 15.1 Å². The molecular formula is C23H29N3O2. The predicted octanol–water partition coefficient (Wildman–Crippen LogP) is 3.71. The van der Waals surface area contributed by atoms with Crippen LogP contribution < -0.4 is 15.1 Å². The van der Waals surface area contributed by atoms with Gasteiger partial charge in [-0.05, 0) is 55.2 Å². The molecular weight excluding hydrogens is 350 g/mol. The summed E-state index contributed by atoms with van der Waals surface area (Å²) >= 11 is 0. The minimum absolute atomic E-state index is 0.0338. The fraction of sp³-hybridized carbons (Fsp3) is 0.391. The number of benzene rings is 2. The molecule has 1 aliphatic rings. The second-order valence-electron chi connectivity index (χ2n) is 7.48. The molecule has 5 heteroatoms. The summed E-state index contributed by atoms with van der Waals surface area (Å²) in [6.07, 6.45) is 2.45. The molecule has 1 heterocycles. The van der Waals surface area contributed by atoms with Gasteiger partial charge in [-0.1, -0.05) is 25.1 Å². The van der Waals surface area contributed by atoms with Crippen molar-refractivity contribution in [2.45, 2.75) is 26.7 Å². The lowest BCUT2D eigenvalue weighted by molar-refractivity contribution is -0.116. The molecule has 5 nitrogen and oxygen atoms in total. The molecule has 0 atom stereocenters. The van der Waals surface area contributed by atoms with E-state index < -0.39 is 0 Å². The smallest absolute Gasteiger partial charge is 0.251 e. The number of amides is 2. The van der Waals surface area contributed by atoms with Crippen LogP contribution in [0.2, 0.25) is 0 Å². The highest BCUT2D eigenvalue weighted by molar-refractivity contribution is 5.94. The van der Waals surface area contributed by atoms with Crippen molar-refractivity contribution in [2.24, 2.45) is 5.92 Å². The van der Waals surface area contributed by atoms with Gasteiger partial charge in [0.2, 0.25) is 5.91 Å². The summed E-state index contributed by atoms with van der Waals surface area (Å²) in [6, 6.07) is 17.3. The Balaban J connectivity index is 1.57. The van der Waals surface area contributed by atoms with Crippen LogP contribution in [-0.4, -0.2) is 38.0 Å². The normalized spacial score (nSPS) is 14.6. The van der Waals surface area contributed by atoms with Crippen LogP contribution in [-0.2, 0) is 4.79 Å². The average molecular weight is 380 g/mol. The molecule has 148 valence electrons. The molecule has 0 aliphatic carbocycles. The van der Waals surface area contributed by atoms with E-state index in [1.807, 2.05) is 30.3 Å². The first kappa shape index (κ1) is 19.9. The van der Waals surface area contributed by atoms with Gasteiger partial charge in [-0.15, -0.1) is 0 Å². The number of nitrogens with one attached hydrogen (secondary N) is 1. The van der Waals surface area contributed by atoms with E-state index in [1.54, 1.807) is 24.0 Å². The molecule has 0 aromatic heterocycles. The highest BCUT2D eigenvalue weighted by Gasteiger charge is 2.17.